The first-order chi connectivity index (χ1) is 6.29. The van der Waals surface area contributed by atoms with Gasteiger partial charge in [0.1, 0.15) is 0 Å². The number of amides is 1. The van der Waals surface area contributed by atoms with Crippen molar-refractivity contribution in [3.63, 3.8) is 0 Å². The van der Waals surface area contributed by atoms with Gasteiger partial charge in [0.2, 0.25) is 5.91 Å². The highest BCUT2D eigenvalue weighted by Gasteiger charge is 2.24. The number of hydrogen-bond donors (Lipinski definition) is 2. The van der Waals surface area contributed by atoms with E-state index in [0.717, 1.165) is 0 Å². The Balaban J connectivity index is 4.06. The maximum Gasteiger partial charge on any atom is 0.223 e. The Hall–Kier alpha value is -0.610. The molecule has 4 nitrogen and oxygen atoms in total. The first kappa shape index (κ1) is 13.4. The van der Waals surface area contributed by atoms with Crippen LogP contribution in [0.2, 0.25) is 0 Å². The van der Waals surface area contributed by atoms with Gasteiger partial charge in [0.05, 0.1) is 6.61 Å². The molecule has 0 aromatic carbocycles. The fourth-order valence-corrected chi connectivity index (χ4v) is 0.925. The van der Waals surface area contributed by atoms with Gasteiger partial charge in [-0.1, -0.05) is 20.8 Å². The Morgan fingerprint density at radius 2 is 2.00 bits per heavy atom. The van der Waals surface area contributed by atoms with Gasteiger partial charge in [-0.2, -0.15) is 0 Å². The summed E-state index contributed by atoms with van der Waals surface area (Å²) in [6.07, 6.45) is 0.333. The maximum atomic E-state index is 11.5. The molecular formula is C10H22N2O2. The molecule has 0 radical (unpaired) electrons. The summed E-state index contributed by atoms with van der Waals surface area (Å²) in [5, 5.41) is 8.65. The molecule has 0 heterocycles. The second-order valence-corrected chi connectivity index (χ2v) is 4.72. The maximum absolute atomic E-state index is 11.5. The van der Waals surface area contributed by atoms with Crippen molar-refractivity contribution in [2.45, 2.75) is 33.2 Å². The van der Waals surface area contributed by atoms with E-state index >= 15 is 0 Å². The standard InChI is InChI=1S/C10H22N2O2/c1-10(2,3)8(11)7-9(14)12(4)5-6-13/h8,13H,5-7,11H2,1-4H3. The molecule has 0 aromatic heterocycles. The van der Waals surface area contributed by atoms with E-state index in [2.05, 4.69) is 0 Å². The van der Waals surface area contributed by atoms with Crippen LogP contribution in [0.1, 0.15) is 27.2 Å². The third-order valence-corrected chi connectivity index (χ3v) is 2.37. The Morgan fingerprint density at radius 1 is 1.50 bits per heavy atom. The molecule has 0 saturated carbocycles. The lowest BCUT2D eigenvalue weighted by molar-refractivity contribution is -0.131. The number of nitrogens with zero attached hydrogens (tertiary/aromatic N) is 1. The second-order valence-electron chi connectivity index (χ2n) is 4.72. The minimum Gasteiger partial charge on any atom is -0.395 e. The number of rotatable bonds is 4. The normalized spacial score (nSPS) is 13.9. The zero-order valence-electron chi connectivity index (χ0n) is 9.58. The van der Waals surface area contributed by atoms with Gasteiger partial charge in [-0.15, -0.1) is 0 Å². The summed E-state index contributed by atoms with van der Waals surface area (Å²) >= 11 is 0. The lowest BCUT2D eigenvalue weighted by atomic mass is 9.85. The van der Waals surface area contributed by atoms with E-state index in [9.17, 15) is 4.79 Å². The van der Waals surface area contributed by atoms with E-state index in [0.29, 0.717) is 13.0 Å². The average Bonchev–Trinajstić information content (AvgIpc) is 2.02. The van der Waals surface area contributed by atoms with Crippen LogP contribution in [0.25, 0.3) is 0 Å². The molecule has 0 aliphatic carbocycles. The monoisotopic (exact) mass is 202 g/mol. The molecule has 0 aliphatic heterocycles. The molecule has 0 bridgehead atoms. The fourth-order valence-electron chi connectivity index (χ4n) is 0.925. The molecule has 1 atom stereocenters. The summed E-state index contributed by atoms with van der Waals surface area (Å²) in [5.74, 6) is -0.0125. The highest BCUT2D eigenvalue weighted by atomic mass is 16.3. The Bertz CT molecular complexity index is 187. The van der Waals surface area contributed by atoms with Crippen molar-refractivity contribution in [3.05, 3.63) is 0 Å². The topological polar surface area (TPSA) is 66.6 Å². The number of carbonyl (C=O) groups is 1. The van der Waals surface area contributed by atoms with Crippen molar-refractivity contribution >= 4 is 5.91 Å². The van der Waals surface area contributed by atoms with Crippen LogP contribution in [-0.2, 0) is 4.79 Å². The molecule has 1 amide bonds. The minimum absolute atomic E-state index is 0.00695. The van der Waals surface area contributed by atoms with Crippen molar-refractivity contribution in [2.75, 3.05) is 20.2 Å². The van der Waals surface area contributed by atoms with Crippen LogP contribution in [-0.4, -0.2) is 42.2 Å². The van der Waals surface area contributed by atoms with Crippen molar-refractivity contribution in [1.29, 1.82) is 0 Å². The Labute approximate surface area is 86.1 Å². The zero-order chi connectivity index (χ0) is 11.4. The van der Waals surface area contributed by atoms with Crippen LogP contribution in [0.5, 0.6) is 0 Å². The van der Waals surface area contributed by atoms with Crippen LogP contribution in [0.3, 0.4) is 0 Å². The van der Waals surface area contributed by atoms with E-state index in [4.69, 9.17) is 10.8 Å². The van der Waals surface area contributed by atoms with Crippen molar-refractivity contribution < 1.29 is 9.90 Å². The van der Waals surface area contributed by atoms with Crippen molar-refractivity contribution in [3.8, 4) is 0 Å². The van der Waals surface area contributed by atoms with Gasteiger partial charge in [0.25, 0.3) is 0 Å². The van der Waals surface area contributed by atoms with Crippen LogP contribution >= 0.6 is 0 Å². The van der Waals surface area contributed by atoms with E-state index in [1.165, 1.54) is 4.90 Å². The molecule has 3 N–H and O–H groups in total. The summed E-state index contributed by atoms with van der Waals surface area (Å²) in [5.41, 5.74) is 5.82. The molecule has 0 spiro atoms. The molecule has 0 aliphatic rings. The summed E-state index contributed by atoms with van der Waals surface area (Å²) in [7, 11) is 1.67. The smallest absolute Gasteiger partial charge is 0.223 e. The van der Waals surface area contributed by atoms with Gasteiger partial charge in [-0.3, -0.25) is 4.79 Å². The summed E-state index contributed by atoms with van der Waals surface area (Å²) < 4.78 is 0. The first-order valence-corrected chi connectivity index (χ1v) is 4.89. The van der Waals surface area contributed by atoms with Crippen LogP contribution in [0.15, 0.2) is 0 Å². The second kappa shape index (κ2) is 5.32. The molecule has 1 unspecified atom stereocenters. The number of carbonyl (C=O) groups excluding carboxylic acids is 1. The molecular weight excluding hydrogens is 180 g/mol. The highest BCUT2D eigenvalue weighted by molar-refractivity contribution is 5.76. The molecule has 0 rings (SSSR count). The van der Waals surface area contributed by atoms with Crippen LogP contribution in [0, 0.1) is 5.41 Å². The lowest BCUT2D eigenvalue weighted by Gasteiger charge is -2.28. The molecule has 0 saturated heterocycles. The molecule has 14 heavy (non-hydrogen) atoms. The van der Waals surface area contributed by atoms with E-state index in [1.54, 1.807) is 7.05 Å². The molecule has 4 heteroatoms. The van der Waals surface area contributed by atoms with Gasteiger partial charge in [0, 0.05) is 26.1 Å². The number of nitrogens with two attached hydrogens (primary N) is 1. The summed E-state index contributed by atoms with van der Waals surface area (Å²) in [6, 6.07) is -0.142. The minimum atomic E-state index is -0.142. The van der Waals surface area contributed by atoms with Gasteiger partial charge >= 0.3 is 0 Å². The quantitative estimate of drug-likeness (QED) is 0.684. The van der Waals surface area contributed by atoms with Crippen molar-refractivity contribution in [1.82, 2.24) is 4.90 Å². The van der Waals surface area contributed by atoms with Crippen LogP contribution < -0.4 is 5.73 Å². The number of likely N-dealkylation sites (N-methyl/N-ethyl adjacent to an activating group) is 1. The SMILES string of the molecule is CN(CCO)C(=O)CC(N)C(C)(C)C. The average molecular weight is 202 g/mol. The zero-order valence-corrected chi connectivity index (χ0v) is 9.58. The summed E-state index contributed by atoms with van der Waals surface area (Å²) in [4.78, 5) is 13.0. The number of aliphatic hydroxyl groups excluding tert-OH is 1. The lowest BCUT2D eigenvalue weighted by Crippen LogP contribution is -2.41. The third-order valence-electron chi connectivity index (χ3n) is 2.37. The van der Waals surface area contributed by atoms with Gasteiger partial charge in [0.15, 0.2) is 0 Å². The van der Waals surface area contributed by atoms with Crippen molar-refractivity contribution in [2.24, 2.45) is 11.1 Å². The fraction of sp³-hybridized carbons (Fsp3) is 0.900. The van der Waals surface area contributed by atoms with Gasteiger partial charge < -0.3 is 15.7 Å². The number of hydrogen-bond acceptors (Lipinski definition) is 3. The Morgan fingerprint density at radius 3 is 2.36 bits per heavy atom. The molecule has 0 fully saturated rings. The van der Waals surface area contributed by atoms with E-state index in [1.807, 2.05) is 20.8 Å². The van der Waals surface area contributed by atoms with E-state index in [-0.39, 0.29) is 24.0 Å². The first-order valence-electron chi connectivity index (χ1n) is 4.89. The van der Waals surface area contributed by atoms with E-state index < -0.39 is 0 Å². The largest absolute Gasteiger partial charge is 0.395 e. The van der Waals surface area contributed by atoms with Gasteiger partial charge in [-0.25, -0.2) is 0 Å². The third kappa shape index (κ3) is 4.58. The summed E-state index contributed by atoms with van der Waals surface area (Å²) in [6.45, 7) is 6.40. The Kier molecular flexibility index (Phi) is 5.08. The predicted octanol–water partition coefficient (Wildman–Crippen LogP) is 0.201. The molecule has 0 aromatic rings. The highest BCUT2D eigenvalue weighted by Crippen LogP contribution is 2.20. The number of aliphatic hydroxyl groups is 1. The van der Waals surface area contributed by atoms with Crippen LogP contribution in [0.4, 0.5) is 0 Å². The van der Waals surface area contributed by atoms with Gasteiger partial charge in [-0.05, 0) is 5.41 Å². The predicted molar refractivity (Wildman–Crippen MR) is 56.8 cm³/mol. The molecule has 84 valence electrons.